The molecule has 0 rings (SSSR count). The van der Waals surface area contributed by atoms with Crippen molar-refractivity contribution in [2.45, 2.75) is 226 Å². The summed E-state index contributed by atoms with van der Waals surface area (Å²) >= 11 is 0. The van der Waals surface area contributed by atoms with E-state index >= 15 is 0 Å². The lowest BCUT2D eigenvalue weighted by Crippen LogP contribution is -2.30. The highest BCUT2D eigenvalue weighted by Gasteiger charge is 2.19. The van der Waals surface area contributed by atoms with Gasteiger partial charge in [0.25, 0.3) is 0 Å². The van der Waals surface area contributed by atoms with Gasteiger partial charge >= 0.3 is 17.9 Å². The van der Waals surface area contributed by atoms with Crippen LogP contribution in [0.3, 0.4) is 0 Å². The van der Waals surface area contributed by atoms with E-state index in [0.29, 0.717) is 19.3 Å². The highest BCUT2D eigenvalue weighted by Crippen LogP contribution is 2.12. The molecule has 0 aromatic rings. The molecule has 0 saturated carbocycles. The van der Waals surface area contributed by atoms with Crippen molar-refractivity contribution in [3.05, 3.63) is 146 Å². The van der Waals surface area contributed by atoms with Crippen LogP contribution in [0.25, 0.3) is 0 Å². The van der Waals surface area contributed by atoms with Crippen LogP contribution in [-0.4, -0.2) is 37.2 Å². The van der Waals surface area contributed by atoms with E-state index in [2.05, 4.69) is 154 Å². The average molecular weight is 965 g/mol. The number of allylic oxidation sites excluding steroid dienone is 24. The number of carbonyl (C=O) groups excluding carboxylic acids is 3. The van der Waals surface area contributed by atoms with E-state index < -0.39 is 12.1 Å². The first-order valence-corrected chi connectivity index (χ1v) is 27.8. The van der Waals surface area contributed by atoms with Gasteiger partial charge in [-0.3, -0.25) is 14.4 Å². The summed E-state index contributed by atoms with van der Waals surface area (Å²) < 4.78 is 16.7. The lowest BCUT2D eigenvalue weighted by molar-refractivity contribution is -0.166. The first kappa shape index (κ1) is 65.3. The Labute approximate surface area is 429 Å². The van der Waals surface area contributed by atoms with Crippen molar-refractivity contribution in [1.29, 1.82) is 0 Å². The fourth-order valence-electron chi connectivity index (χ4n) is 6.97. The van der Waals surface area contributed by atoms with Gasteiger partial charge in [-0.2, -0.15) is 0 Å². The van der Waals surface area contributed by atoms with Gasteiger partial charge in [-0.1, -0.05) is 224 Å². The number of carbonyl (C=O) groups is 3. The van der Waals surface area contributed by atoms with Crippen LogP contribution in [0.5, 0.6) is 0 Å². The maximum atomic E-state index is 12.8. The van der Waals surface area contributed by atoms with Crippen LogP contribution in [0.4, 0.5) is 0 Å². The molecule has 0 N–H and O–H groups in total. The van der Waals surface area contributed by atoms with Crippen molar-refractivity contribution in [3.8, 4) is 0 Å². The fraction of sp³-hybridized carbons (Fsp3) is 0.578. The van der Waals surface area contributed by atoms with Crippen molar-refractivity contribution in [2.75, 3.05) is 13.2 Å². The summed E-state index contributed by atoms with van der Waals surface area (Å²) in [4.78, 5) is 38.1. The molecule has 0 radical (unpaired) electrons. The van der Waals surface area contributed by atoms with E-state index in [0.717, 1.165) is 109 Å². The third-order valence-electron chi connectivity index (χ3n) is 11.1. The minimum absolute atomic E-state index is 0.134. The minimum atomic E-state index is -0.848. The Morgan fingerprint density at radius 1 is 0.300 bits per heavy atom. The van der Waals surface area contributed by atoms with Gasteiger partial charge in [0, 0.05) is 19.3 Å². The normalized spacial score (nSPS) is 13.2. The summed E-state index contributed by atoms with van der Waals surface area (Å²) in [5, 5.41) is 0. The van der Waals surface area contributed by atoms with Crippen LogP contribution in [0, 0.1) is 0 Å². The molecular formula is C64H100O6. The maximum Gasteiger partial charge on any atom is 0.306 e. The summed E-state index contributed by atoms with van der Waals surface area (Å²) in [5.41, 5.74) is 0. The molecule has 0 aromatic heterocycles. The number of unbranched alkanes of at least 4 members (excludes halogenated alkanes) is 13. The van der Waals surface area contributed by atoms with Crippen LogP contribution in [0.15, 0.2) is 146 Å². The van der Waals surface area contributed by atoms with E-state index in [9.17, 15) is 14.4 Å². The Morgan fingerprint density at radius 2 is 0.600 bits per heavy atom. The SMILES string of the molecule is CC/C=C\C/C=C\C/C=C\C/C=C\C/C=C\C/C=C\CCC(=O)OC[C@@H](COC(=O)CCCCCCC/C=C\CCCCCCCCC)OC(=O)CCC/C=C\C/C=C\C/C=C\C/C=C\C/C=C\CC. The summed E-state index contributed by atoms with van der Waals surface area (Å²) in [6.45, 7) is 6.27. The fourth-order valence-corrected chi connectivity index (χ4v) is 6.97. The first-order chi connectivity index (χ1) is 34.5. The Morgan fingerprint density at radius 3 is 1.01 bits per heavy atom. The molecule has 0 spiro atoms. The molecule has 0 heterocycles. The summed E-state index contributed by atoms with van der Waals surface area (Å²) in [5.74, 6) is -1.10. The van der Waals surface area contributed by atoms with Crippen LogP contribution < -0.4 is 0 Å². The molecule has 0 amide bonds. The third kappa shape index (κ3) is 54.2. The van der Waals surface area contributed by atoms with E-state index in [-0.39, 0.29) is 38.0 Å². The molecule has 0 aliphatic heterocycles. The van der Waals surface area contributed by atoms with Gasteiger partial charge in [0.15, 0.2) is 6.10 Å². The van der Waals surface area contributed by atoms with Crippen LogP contribution in [0.2, 0.25) is 0 Å². The number of esters is 3. The predicted molar refractivity (Wildman–Crippen MR) is 302 cm³/mol. The molecule has 0 saturated heterocycles. The smallest absolute Gasteiger partial charge is 0.306 e. The molecule has 6 nitrogen and oxygen atoms in total. The van der Waals surface area contributed by atoms with Crippen LogP contribution in [0.1, 0.15) is 220 Å². The van der Waals surface area contributed by atoms with Gasteiger partial charge in [0.05, 0.1) is 0 Å². The minimum Gasteiger partial charge on any atom is -0.462 e. The highest BCUT2D eigenvalue weighted by atomic mass is 16.6. The number of hydrogen-bond acceptors (Lipinski definition) is 6. The molecule has 0 aromatic carbocycles. The van der Waals surface area contributed by atoms with Crippen molar-refractivity contribution in [3.63, 3.8) is 0 Å². The van der Waals surface area contributed by atoms with Crippen LogP contribution in [-0.2, 0) is 28.6 Å². The van der Waals surface area contributed by atoms with Crippen molar-refractivity contribution in [2.24, 2.45) is 0 Å². The zero-order valence-electron chi connectivity index (χ0n) is 44.7. The average Bonchev–Trinajstić information content (AvgIpc) is 3.36. The molecule has 0 bridgehead atoms. The zero-order valence-corrected chi connectivity index (χ0v) is 44.7. The Balaban J connectivity index is 4.63. The zero-order chi connectivity index (χ0) is 50.7. The van der Waals surface area contributed by atoms with E-state index in [1.807, 2.05) is 12.2 Å². The van der Waals surface area contributed by atoms with E-state index in [1.54, 1.807) is 0 Å². The predicted octanol–water partition coefficient (Wildman–Crippen LogP) is 18.8. The molecule has 6 heteroatoms. The molecular weight excluding hydrogens is 865 g/mol. The van der Waals surface area contributed by atoms with Crippen LogP contribution >= 0.6 is 0 Å². The standard InChI is InChI=1S/C64H100O6/c1-4-7-10-13-16-19-22-25-28-31-32-34-36-39-42-45-48-51-54-57-63(66)69-60-61(59-68-62(65)56-53-50-47-44-41-38-35-30-27-24-21-18-15-12-9-6-3)70-64(67)58-55-52-49-46-43-40-37-33-29-26-23-20-17-14-11-8-5-2/h7-8,10-11,16-17,19-20,25-26,28-30,32,34-35,37,39-40,42,46,48-49,51,61H,4-6,9,12-15,18,21-24,27,31,33,36,38,41,43-45,47,50,52-60H2,1-3H3/b10-7-,11-8-,19-16-,20-17-,28-25-,29-26-,34-32-,35-30-,40-37-,42-39-,49-46-,51-48-/t61-/m1/s1. The lowest BCUT2D eigenvalue weighted by atomic mass is 10.1. The monoisotopic (exact) mass is 965 g/mol. The molecule has 0 fully saturated rings. The Kier molecular flexibility index (Phi) is 53.0. The van der Waals surface area contributed by atoms with Crippen molar-refractivity contribution < 1.29 is 28.6 Å². The summed E-state index contributed by atoms with van der Waals surface area (Å²) in [7, 11) is 0. The van der Waals surface area contributed by atoms with Gasteiger partial charge in [-0.05, 0) is 122 Å². The summed E-state index contributed by atoms with van der Waals surface area (Å²) in [6, 6.07) is 0. The molecule has 0 unspecified atom stereocenters. The first-order valence-electron chi connectivity index (χ1n) is 27.8. The number of rotatable bonds is 48. The van der Waals surface area contributed by atoms with E-state index in [4.69, 9.17) is 14.2 Å². The van der Waals surface area contributed by atoms with Gasteiger partial charge in [-0.25, -0.2) is 0 Å². The largest absolute Gasteiger partial charge is 0.462 e. The third-order valence-corrected chi connectivity index (χ3v) is 11.1. The van der Waals surface area contributed by atoms with Crippen molar-refractivity contribution in [1.82, 2.24) is 0 Å². The Hall–Kier alpha value is -4.71. The lowest BCUT2D eigenvalue weighted by Gasteiger charge is -2.18. The van der Waals surface area contributed by atoms with Crippen molar-refractivity contribution >= 4 is 17.9 Å². The molecule has 1 atom stereocenters. The molecule has 0 aliphatic carbocycles. The van der Waals surface area contributed by atoms with Gasteiger partial charge in [0.1, 0.15) is 13.2 Å². The van der Waals surface area contributed by atoms with Gasteiger partial charge < -0.3 is 14.2 Å². The quantitative estimate of drug-likeness (QED) is 0.0262. The van der Waals surface area contributed by atoms with Gasteiger partial charge in [0.2, 0.25) is 0 Å². The second kappa shape index (κ2) is 56.9. The molecule has 392 valence electrons. The molecule has 70 heavy (non-hydrogen) atoms. The molecule has 0 aliphatic rings. The number of hydrogen-bond donors (Lipinski definition) is 0. The maximum absolute atomic E-state index is 12.8. The van der Waals surface area contributed by atoms with E-state index in [1.165, 1.54) is 57.8 Å². The number of ether oxygens (including phenoxy) is 3. The Bertz CT molecular complexity index is 1580. The topological polar surface area (TPSA) is 78.9 Å². The van der Waals surface area contributed by atoms with Gasteiger partial charge in [-0.15, -0.1) is 0 Å². The second-order valence-electron chi connectivity index (χ2n) is 17.7. The second-order valence-corrected chi connectivity index (χ2v) is 17.7. The summed E-state index contributed by atoms with van der Waals surface area (Å²) in [6.07, 6.45) is 81.4. The highest BCUT2D eigenvalue weighted by molar-refractivity contribution is 5.71.